The smallest absolute Gasteiger partial charge is 0.138 e. The molecule has 0 aliphatic rings. The Bertz CT molecular complexity index is 205. The quantitative estimate of drug-likeness (QED) is 0.682. The second kappa shape index (κ2) is 5.61. The Labute approximate surface area is 92.5 Å². The SMILES string of the molecule is CCC(C)(C)C(=O)CCC(C)(CO)CO. The summed E-state index contributed by atoms with van der Waals surface area (Å²) in [5.74, 6) is 0.207. The summed E-state index contributed by atoms with van der Waals surface area (Å²) in [7, 11) is 0. The van der Waals surface area contributed by atoms with Gasteiger partial charge in [0.05, 0.1) is 13.2 Å². The van der Waals surface area contributed by atoms with Crippen LogP contribution < -0.4 is 0 Å². The summed E-state index contributed by atoms with van der Waals surface area (Å²) in [6, 6.07) is 0. The van der Waals surface area contributed by atoms with E-state index in [1.165, 1.54) is 0 Å². The minimum atomic E-state index is -0.528. The van der Waals surface area contributed by atoms with Gasteiger partial charge in [0.25, 0.3) is 0 Å². The Morgan fingerprint density at radius 2 is 1.60 bits per heavy atom. The summed E-state index contributed by atoms with van der Waals surface area (Å²) >= 11 is 0. The van der Waals surface area contributed by atoms with Crippen LogP contribution in [0.3, 0.4) is 0 Å². The summed E-state index contributed by atoms with van der Waals surface area (Å²) < 4.78 is 0. The normalized spacial score (nSPS) is 12.9. The number of hydrogen-bond donors (Lipinski definition) is 2. The fraction of sp³-hybridized carbons (Fsp3) is 0.917. The van der Waals surface area contributed by atoms with Gasteiger partial charge < -0.3 is 10.2 Å². The maximum absolute atomic E-state index is 11.8. The van der Waals surface area contributed by atoms with Crippen molar-refractivity contribution in [3.8, 4) is 0 Å². The molecule has 0 unspecified atom stereocenters. The lowest BCUT2D eigenvalue weighted by molar-refractivity contribution is -0.128. The Hall–Kier alpha value is -0.410. The monoisotopic (exact) mass is 216 g/mol. The van der Waals surface area contributed by atoms with Crippen LogP contribution in [0.15, 0.2) is 0 Å². The molecule has 2 N–H and O–H groups in total. The van der Waals surface area contributed by atoms with Gasteiger partial charge >= 0.3 is 0 Å². The van der Waals surface area contributed by atoms with E-state index >= 15 is 0 Å². The Kier molecular flexibility index (Phi) is 5.46. The third-order valence-corrected chi connectivity index (χ3v) is 3.36. The molecule has 0 amide bonds. The van der Waals surface area contributed by atoms with Crippen molar-refractivity contribution in [3.05, 3.63) is 0 Å². The van der Waals surface area contributed by atoms with Gasteiger partial charge in [-0.3, -0.25) is 4.79 Å². The van der Waals surface area contributed by atoms with Crippen LogP contribution in [-0.2, 0) is 4.79 Å². The molecule has 90 valence electrons. The lowest BCUT2D eigenvalue weighted by Gasteiger charge is -2.27. The molecule has 0 atom stereocenters. The van der Waals surface area contributed by atoms with Gasteiger partial charge in [-0.05, 0) is 12.8 Å². The van der Waals surface area contributed by atoms with E-state index in [0.29, 0.717) is 12.8 Å². The molecule has 0 saturated heterocycles. The molecule has 15 heavy (non-hydrogen) atoms. The predicted molar refractivity (Wildman–Crippen MR) is 60.6 cm³/mol. The molecular formula is C12H24O3. The molecule has 0 saturated carbocycles. The number of Topliss-reactive ketones (excluding diaryl/α,β-unsaturated/α-hetero) is 1. The average molecular weight is 216 g/mol. The number of carbonyl (C=O) groups excluding carboxylic acids is 1. The third-order valence-electron chi connectivity index (χ3n) is 3.36. The van der Waals surface area contributed by atoms with Crippen LogP contribution >= 0.6 is 0 Å². The van der Waals surface area contributed by atoms with Gasteiger partial charge in [-0.1, -0.05) is 27.7 Å². The van der Waals surface area contributed by atoms with Crippen LogP contribution in [-0.4, -0.2) is 29.2 Å². The van der Waals surface area contributed by atoms with Crippen molar-refractivity contribution in [2.75, 3.05) is 13.2 Å². The van der Waals surface area contributed by atoms with Gasteiger partial charge in [0.2, 0.25) is 0 Å². The van der Waals surface area contributed by atoms with Gasteiger partial charge in [0.1, 0.15) is 5.78 Å². The first-order valence-electron chi connectivity index (χ1n) is 5.56. The molecule has 0 aliphatic carbocycles. The Morgan fingerprint density at radius 1 is 1.13 bits per heavy atom. The lowest BCUT2D eigenvalue weighted by atomic mass is 9.79. The second-order valence-electron chi connectivity index (χ2n) is 5.29. The van der Waals surface area contributed by atoms with Crippen molar-refractivity contribution in [1.29, 1.82) is 0 Å². The van der Waals surface area contributed by atoms with Gasteiger partial charge in [0, 0.05) is 17.3 Å². The zero-order valence-electron chi connectivity index (χ0n) is 10.3. The minimum Gasteiger partial charge on any atom is -0.396 e. The molecule has 0 aliphatic heterocycles. The number of hydrogen-bond acceptors (Lipinski definition) is 3. The predicted octanol–water partition coefficient (Wildman–Crippen LogP) is 1.76. The minimum absolute atomic E-state index is 0.0800. The molecule has 0 aromatic rings. The largest absolute Gasteiger partial charge is 0.396 e. The van der Waals surface area contributed by atoms with Crippen LogP contribution in [0.2, 0.25) is 0 Å². The molecule has 0 heterocycles. The van der Waals surface area contributed by atoms with E-state index in [0.717, 1.165) is 6.42 Å². The Balaban J connectivity index is 4.22. The highest BCUT2D eigenvalue weighted by Gasteiger charge is 2.29. The number of rotatable bonds is 7. The van der Waals surface area contributed by atoms with Gasteiger partial charge in [0.15, 0.2) is 0 Å². The maximum atomic E-state index is 11.8. The lowest BCUT2D eigenvalue weighted by Crippen LogP contribution is -2.30. The Morgan fingerprint density at radius 3 is 1.93 bits per heavy atom. The number of aliphatic hydroxyl groups is 2. The van der Waals surface area contributed by atoms with E-state index in [2.05, 4.69) is 0 Å². The van der Waals surface area contributed by atoms with Crippen molar-refractivity contribution >= 4 is 5.78 Å². The number of carbonyl (C=O) groups is 1. The van der Waals surface area contributed by atoms with E-state index in [1.54, 1.807) is 6.92 Å². The van der Waals surface area contributed by atoms with E-state index in [-0.39, 0.29) is 24.4 Å². The van der Waals surface area contributed by atoms with Crippen LogP contribution in [0.1, 0.15) is 47.0 Å². The fourth-order valence-corrected chi connectivity index (χ4v) is 1.16. The molecule has 0 fully saturated rings. The molecule has 0 aromatic carbocycles. The summed E-state index contributed by atoms with van der Waals surface area (Å²) in [4.78, 5) is 11.8. The van der Waals surface area contributed by atoms with E-state index in [4.69, 9.17) is 10.2 Å². The molecule has 3 nitrogen and oxygen atoms in total. The zero-order valence-corrected chi connectivity index (χ0v) is 10.3. The molecular weight excluding hydrogens is 192 g/mol. The molecule has 0 radical (unpaired) electrons. The van der Waals surface area contributed by atoms with Gasteiger partial charge in [-0.25, -0.2) is 0 Å². The van der Waals surface area contributed by atoms with Crippen LogP contribution in [0.5, 0.6) is 0 Å². The second-order valence-corrected chi connectivity index (χ2v) is 5.29. The van der Waals surface area contributed by atoms with E-state index in [9.17, 15) is 4.79 Å². The van der Waals surface area contributed by atoms with Crippen molar-refractivity contribution in [1.82, 2.24) is 0 Å². The summed E-state index contributed by atoms with van der Waals surface area (Å²) in [5.41, 5.74) is -0.814. The average Bonchev–Trinajstić information content (AvgIpc) is 2.25. The van der Waals surface area contributed by atoms with Crippen LogP contribution in [0, 0.1) is 10.8 Å². The highest BCUT2D eigenvalue weighted by Crippen LogP contribution is 2.28. The third kappa shape index (κ3) is 4.31. The first kappa shape index (κ1) is 14.6. The van der Waals surface area contributed by atoms with Crippen molar-refractivity contribution in [2.24, 2.45) is 10.8 Å². The summed E-state index contributed by atoms with van der Waals surface area (Å²) in [6.07, 6.45) is 1.79. The maximum Gasteiger partial charge on any atom is 0.138 e. The molecule has 0 aromatic heterocycles. The number of ketones is 1. The topological polar surface area (TPSA) is 57.5 Å². The first-order chi connectivity index (χ1) is 6.81. The van der Waals surface area contributed by atoms with Crippen molar-refractivity contribution < 1.29 is 15.0 Å². The van der Waals surface area contributed by atoms with Crippen molar-refractivity contribution in [3.63, 3.8) is 0 Å². The summed E-state index contributed by atoms with van der Waals surface area (Å²) in [6.45, 7) is 7.50. The summed E-state index contributed by atoms with van der Waals surface area (Å²) in [5, 5.41) is 18.2. The first-order valence-corrected chi connectivity index (χ1v) is 5.56. The van der Waals surface area contributed by atoms with Crippen LogP contribution in [0.25, 0.3) is 0 Å². The van der Waals surface area contributed by atoms with E-state index < -0.39 is 5.41 Å². The van der Waals surface area contributed by atoms with E-state index in [1.807, 2.05) is 20.8 Å². The standard InChI is InChI=1S/C12H24O3/c1-5-11(2,3)10(15)6-7-12(4,8-13)9-14/h13-14H,5-9H2,1-4H3. The fourth-order valence-electron chi connectivity index (χ4n) is 1.16. The molecule has 3 heteroatoms. The zero-order chi connectivity index (χ0) is 12.1. The van der Waals surface area contributed by atoms with Crippen molar-refractivity contribution in [2.45, 2.75) is 47.0 Å². The van der Waals surface area contributed by atoms with Gasteiger partial charge in [-0.2, -0.15) is 0 Å². The molecule has 0 bridgehead atoms. The highest BCUT2D eigenvalue weighted by atomic mass is 16.3. The van der Waals surface area contributed by atoms with Crippen LogP contribution in [0.4, 0.5) is 0 Å². The number of aliphatic hydroxyl groups excluding tert-OH is 2. The molecule has 0 rings (SSSR count). The molecule has 0 spiro atoms. The van der Waals surface area contributed by atoms with Gasteiger partial charge in [-0.15, -0.1) is 0 Å². The highest BCUT2D eigenvalue weighted by molar-refractivity contribution is 5.83.